The molecule has 1 aromatic rings. The maximum absolute atomic E-state index is 12.1. The van der Waals surface area contributed by atoms with Crippen LogP contribution in [0.2, 0.25) is 0 Å². The van der Waals surface area contributed by atoms with Gasteiger partial charge in [0.05, 0.1) is 6.26 Å². The summed E-state index contributed by atoms with van der Waals surface area (Å²) in [6, 6.07) is 3.60. The van der Waals surface area contributed by atoms with Gasteiger partial charge in [0.2, 0.25) is 0 Å². The average Bonchev–Trinajstić information content (AvgIpc) is 2.89. The quantitative estimate of drug-likeness (QED) is 0.632. The van der Waals surface area contributed by atoms with Crippen LogP contribution in [0.4, 0.5) is 0 Å². The molecule has 0 aliphatic rings. The topological polar surface area (TPSA) is 74.6 Å². The fraction of sp³-hybridized carbons (Fsp3) is 0.692. The van der Waals surface area contributed by atoms with Crippen LogP contribution in [0.25, 0.3) is 0 Å². The van der Waals surface area contributed by atoms with Crippen molar-refractivity contribution in [3.05, 3.63) is 24.2 Å². The summed E-state index contributed by atoms with van der Waals surface area (Å²) in [5.41, 5.74) is 0. The van der Waals surface area contributed by atoms with Crippen molar-refractivity contribution in [1.29, 1.82) is 0 Å². The highest BCUT2D eigenvalue weighted by molar-refractivity contribution is 7.87. The van der Waals surface area contributed by atoms with Gasteiger partial charge >= 0.3 is 0 Å². The summed E-state index contributed by atoms with van der Waals surface area (Å²) in [6.45, 7) is 3.16. The van der Waals surface area contributed by atoms with Crippen molar-refractivity contribution in [2.75, 3.05) is 27.2 Å². The van der Waals surface area contributed by atoms with Crippen molar-refractivity contribution in [2.24, 2.45) is 0 Å². The van der Waals surface area contributed by atoms with Crippen molar-refractivity contribution < 1.29 is 12.8 Å². The van der Waals surface area contributed by atoms with Crippen LogP contribution in [0.5, 0.6) is 0 Å². The standard InChI is InChI=1S/C13H25N3O3S/c1-12(7-8-13-6-4-11-19-13)15-20(17,18)16(3)10-5-9-14-2/h4,6,11-12,14-15H,5,7-10H2,1-3H3. The number of furan rings is 1. The van der Waals surface area contributed by atoms with E-state index in [-0.39, 0.29) is 6.04 Å². The lowest BCUT2D eigenvalue weighted by atomic mass is 10.2. The summed E-state index contributed by atoms with van der Waals surface area (Å²) < 4.78 is 33.4. The molecule has 0 fully saturated rings. The Hall–Kier alpha value is -0.890. The van der Waals surface area contributed by atoms with Gasteiger partial charge in [0.25, 0.3) is 10.2 Å². The van der Waals surface area contributed by atoms with E-state index in [9.17, 15) is 8.42 Å². The molecule has 7 heteroatoms. The number of rotatable bonds is 10. The molecule has 0 aliphatic carbocycles. The second-order valence-corrected chi connectivity index (χ2v) is 6.73. The third kappa shape index (κ3) is 6.04. The molecular formula is C13H25N3O3S. The highest BCUT2D eigenvalue weighted by Gasteiger charge is 2.19. The maximum Gasteiger partial charge on any atom is 0.279 e. The number of hydrogen-bond acceptors (Lipinski definition) is 4. The van der Waals surface area contributed by atoms with E-state index in [4.69, 9.17) is 4.42 Å². The molecule has 0 radical (unpaired) electrons. The smallest absolute Gasteiger partial charge is 0.279 e. The largest absolute Gasteiger partial charge is 0.469 e. The van der Waals surface area contributed by atoms with Crippen LogP contribution in [0.1, 0.15) is 25.5 Å². The molecule has 0 bridgehead atoms. The molecule has 2 N–H and O–H groups in total. The van der Waals surface area contributed by atoms with Crippen LogP contribution in [-0.2, 0) is 16.6 Å². The van der Waals surface area contributed by atoms with Crippen LogP contribution in [0.15, 0.2) is 22.8 Å². The minimum absolute atomic E-state index is 0.128. The van der Waals surface area contributed by atoms with Gasteiger partial charge < -0.3 is 9.73 Å². The van der Waals surface area contributed by atoms with Crippen molar-refractivity contribution in [1.82, 2.24) is 14.3 Å². The predicted octanol–water partition coefficient (Wildman–Crippen LogP) is 0.976. The minimum Gasteiger partial charge on any atom is -0.469 e. The molecular weight excluding hydrogens is 278 g/mol. The molecule has 6 nitrogen and oxygen atoms in total. The summed E-state index contributed by atoms with van der Waals surface area (Å²) >= 11 is 0. The molecule has 1 aromatic heterocycles. The second-order valence-electron chi connectivity index (χ2n) is 4.92. The Balaban J connectivity index is 2.36. The predicted molar refractivity (Wildman–Crippen MR) is 79.7 cm³/mol. The minimum atomic E-state index is -3.41. The molecule has 0 aromatic carbocycles. The number of nitrogens with one attached hydrogen (secondary N) is 2. The van der Waals surface area contributed by atoms with Crippen LogP contribution >= 0.6 is 0 Å². The first-order valence-electron chi connectivity index (χ1n) is 6.86. The van der Waals surface area contributed by atoms with Gasteiger partial charge in [0, 0.05) is 26.1 Å². The lowest BCUT2D eigenvalue weighted by molar-refractivity contribution is 0.432. The SMILES string of the molecule is CNCCCN(C)S(=O)(=O)NC(C)CCc1ccco1. The molecule has 0 spiro atoms. The summed E-state index contributed by atoms with van der Waals surface area (Å²) in [4.78, 5) is 0. The van der Waals surface area contributed by atoms with Gasteiger partial charge in [-0.05, 0) is 45.5 Å². The number of nitrogens with zero attached hydrogens (tertiary/aromatic N) is 1. The van der Waals surface area contributed by atoms with E-state index >= 15 is 0 Å². The van der Waals surface area contributed by atoms with Gasteiger partial charge in [-0.2, -0.15) is 17.4 Å². The lowest BCUT2D eigenvalue weighted by Crippen LogP contribution is -2.43. The highest BCUT2D eigenvalue weighted by atomic mass is 32.2. The van der Waals surface area contributed by atoms with Crippen molar-refractivity contribution in [3.63, 3.8) is 0 Å². The highest BCUT2D eigenvalue weighted by Crippen LogP contribution is 2.07. The number of aryl methyl sites for hydroxylation is 1. The van der Waals surface area contributed by atoms with Gasteiger partial charge in [-0.15, -0.1) is 0 Å². The lowest BCUT2D eigenvalue weighted by Gasteiger charge is -2.21. The van der Waals surface area contributed by atoms with E-state index < -0.39 is 10.2 Å². The third-order valence-corrected chi connectivity index (χ3v) is 4.77. The zero-order chi connectivity index (χ0) is 15.0. The molecule has 20 heavy (non-hydrogen) atoms. The monoisotopic (exact) mass is 303 g/mol. The summed E-state index contributed by atoms with van der Waals surface area (Å²) in [7, 11) is 0.0391. The molecule has 0 amide bonds. The van der Waals surface area contributed by atoms with Gasteiger partial charge in [-0.25, -0.2) is 0 Å². The zero-order valence-corrected chi connectivity index (χ0v) is 13.2. The molecule has 116 valence electrons. The normalized spacial score (nSPS) is 13.8. The Morgan fingerprint density at radius 2 is 2.20 bits per heavy atom. The average molecular weight is 303 g/mol. The first kappa shape index (κ1) is 17.2. The van der Waals surface area contributed by atoms with E-state index in [0.717, 1.165) is 25.1 Å². The van der Waals surface area contributed by atoms with E-state index in [1.54, 1.807) is 13.3 Å². The van der Waals surface area contributed by atoms with E-state index in [0.29, 0.717) is 13.0 Å². The van der Waals surface area contributed by atoms with Gasteiger partial charge in [0.1, 0.15) is 5.76 Å². The molecule has 0 aliphatic heterocycles. The van der Waals surface area contributed by atoms with Crippen LogP contribution in [-0.4, -0.2) is 45.9 Å². The van der Waals surface area contributed by atoms with E-state index in [1.165, 1.54) is 4.31 Å². The van der Waals surface area contributed by atoms with Crippen molar-refractivity contribution >= 4 is 10.2 Å². The summed E-state index contributed by atoms with van der Waals surface area (Å²) in [5, 5.41) is 3.00. The Kier molecular flexibility index (Phi) is 7.22. The Morgan fingerprint density at radius 1 is 1.45 bits per heavy atom. The summed E-state index contributed by atoms with van der Waals surface area (Å²) in [6.07, 6.45) is 3.84. The third-order valence-electron chi connectivity index (χ3n) is 3.06. The Morgan fingerprint density at radius 3 is 2.80 bits per heavy atom. The maximum atomic E-state index is 12.1. The van der Waals surface area contributed by atoms with Crippen molar-refractivity contribution in [2.45, 2.75) is 32.2 Å². The molecule has 0 saturated carbocycles. The van der Waals surface area contributed by atoms with Gasteiger partial charge in [-0.1, -0.05) is 0 Å². The van der Waals surface area contributed by atoms with Gasteiger partial charge in [-0.3, -0.25) is 0 Å². The zero-order valence-electron chi connectivity index (χ0n) is 12.4. The van der Waals surface area contributed by atoms with Crippen molar-refractivity contribution in [3.8, 4) is 0 Å². The second kappa shape index (κ2) is 8.41. The Bertz CT molecular complexity index is 459. The summed E-state index contributed by atoms with van der Waals surface area (Å²) in [5.74, 6) is 0.874. The molecule has 0 saturated heterocycles. The molecule has 1 unspecified atom stereocenters. The number of hydrogen-bond donors (Lipinski definition) is 2. The molecule has 1 atom stereocenters. The van der Waals surface area contributed by atoms with Gasteiger partial charge in [0.15, 0.2) is 0 Å². The fourth-order valence-corrected chi connectivity index (χ4v) is 2.99. The fourth-order valence-electron chi connectivity index (χ4n) is 1.82. The first-order valence-corrected chi connectivity index (χ1v) is 8.30. The van der Waals surface area contributed by atoms with E-state index in [1.807, 2.05) is 26.1 Å². The van der Waals surface area contributed by atoms with E-state index in [2.05, 4.69) is 10.0 Å². The first-order chi connectivity index (χ1) is 9.45. The van der Waals surface area contributed by atoms with Crippen LogP contribution in [0, 0.1) is 0 Å². The van der Waals surface area contributed by atoms with Crippen LogP contribution < -0.4 is 10.0 Å². The Labute approximate surface area is 121 Å². The molecule has 1 rings (SSSR count). The molecule has 1 heterocycles. The van der Waals surface area contributed by atoms with Crippen LogP contribution in [0.3, 0.4) is 0 Å².